The topological polar surface area (TPSA) is 36.4 Å². The van der Waals surface area contributed by atoms with Gasteiger partial charge in [0, 0.05) is 24.9 Å². The fraction of sp³-hybridized carbons (Fsp3) is 0.500. The molecule has 0 spiro atoms. The summed E-state index contributed by atoms with van der Waals surface area (Å²) in [5, 5.41) is 6.44. The molecular weight excluding hydrogens is 261 g/mol. The summed E-state index contributed by atoms with van der Waals surface area (Å²) in [6, 6.07) is 6.55. The molecule has 2 N–H and O–H groups in total. The SMILES string of the molecule is CN=C(NCc1cccc(F)c1)NCC(C)(C)SC. The van der Waals surface area contributed by atoms with Crippen LogP contribution in [-0.2, 0) is 6.54 Å². The van der Waals surface area contributed by atoms with Gasteiger partial charge in [0.05, 0.1) is 0 Å². The molecule has 0 aromatic heterocycles. The summed E-state index contributed by atoms with van der Waals surface area (Å²) in [6.45, 7) is 5.71. The average molecular weight is 283 g/mol. The number of aliphatic imine (C=N–C) groups is 1. The first-order valence-corrected chi connectivity index (χ1v) is 7.43. The van der Waals surface area contributed by atoms with E-state index in [0.29, 0.717) is 6.54 Å². The van der Waals surface area contributed by atoms with E-state index in [1.165, 1.54) is 12.1 Å². The van der Waals surface area contributed by atoms with E-state index in [-0.39, 0.29) is 10.6 Å². The monoisotopic (exact) mass is 283 g/mol. The van der Waals surface area contributed by atoms with Crippen molar-refractivity contribution in [3.05, 3.63) is 35.6 Å². The maximum Gasteiger partial charge on any atom is 0.191 e. The van der Waals surface area contributed by atoms with Crippen molar-refractivity contribution in [2.45, 2.75) is 25.1 Å². The van der Waals surface area contributed by atoms with Gasteiger partial charge < -0.3 is 10.6 Å². The van der Waals surface area contributed by atoms with Crippen LogP contribution in [0.2, 0.25) is 0 Å². The van der Waals surface area contributed by atoms with Crippen molar-refractivity contribution in [3.63, 3.8) is 0 Å². The molecule has 0 saturated heterocycles. The smallest absolute Gasteiger partial charge is 0.191 e. The van der Waals surface area contributed by atoms with E-state index < -0.39 is 0 Å². The van der Waals surface area contributed by atoms with Crippen molar-refractivity contribution < 1.29 is 4.39 Å². The molecule has 19 heavy (non-hydrogen) atoms. The van der Waals surface area contributed by atoms with Gasteiger partial charge in [-0.2, -0.15) is 11.8 Å². The second-order valence-corrected chi connectivity index (χ2v) is 6.39. The van der Waals surface area contributed by atoms with Crippen LogP contribution < -0.4 is 10.6 Å². The number of hydrogen-bond donors (Lipinski definition) is 2. The van der Waals surface area contributed by atoms with E-state index in [4.69, 9.17) is 0 Å². The fourth-order valence-corrected chi connectivity index (χ4v) is 1.64. The highest BCUT2D eigenvalue weighted by atomic mass is 32.2. The van der Waals surface area contributed by atoms with Gasteiger partial charge >= 0.3 is 0 Å². The largest absolute Gasteiger partial charge is 0.355 e. The molecule has 3 nitrogen and oxygen atoms in total. The Kier molecular flexibility index (Phi) is 6.15. The zero-order chi connectivity index (χ0) is 14.3. The van der Waals surface area contributed by atoms with Gasteiger partial charge in [-0.3, -0.25) is 4.99 Å². The summed E-state index contributed by atoms with van der Waals surface area (Å²) < 4.78 is 13.2. The highest BCUT2D eigenvalue weighted by molar-refractivity contribution is 7.99. The summed E-state index contributed by atoms with van der Waals surface area (Å²) >= 11 is 1.80. The Morgan fingerprint density at radius 1 is 1.37 bits per heavy atom. The van der Waals surface area contributed by atoms with Crippen LogP contribution in [0, 0.1) is 5.82 Å². The summed E-state index contributed by atoms with van der Waals surface area (Å²) in [6.07, 6.45) is 2.09. The Hall–Kier alpha value is -1.23. The van der Waals surface area contributed by atoms with Gasteiger partial charge in [0.15, 0.2) is 5.96 Å². The standard InChI is InChI=1S/C14H22FN3S/c1-14(2,19-4)10-18-13(16-3)17-9-11-6-5-7-12(15)8-11/h5-8H,9-10H2,1-4H3,(H2,16,17,18). The molecule has 0 heterocycles. The highest BCUT2D eigenvalue weighted by Crippen LogP contribution is 2.19. The Balaban J connectivity index is 2.46. The first kappa shape index (κ1) is 15.8. The van der Waals surface area contributed by atoms with E-state index in [0.717, 1.165) is 18.1 Å². The first-order chi connectivity index (χ1) is 8.96. The molecule has 0 amide bonds. The molecule has 1 aromatic rings. The van der Waals surface area contributed by atoms with Crippen LogP contribution in [0.15, 0.2) is 29.3 Å². The molecule has 0 aliphatic carbocycles. The lowest BCUT2D eigenvalue weighted by atomic mass is 10.2. The van der Waals surface area contributed by atoms with Crippen molar-refractivity contribution in [2.24, 2.45) is 4.99 Å². The van der Waals surface area contributed by atoms with Gasteiger partial charge in [-0.25, -0.2) is 4.39 Å². The maximum absolute atomic E-state index is 13.0. The maximum atomic E-state index is 13.0. The molecule has 0 radical (unpaired) electrons. The summed E-state index contributed by atoms with van der Waals surface area (Å²) in [7, 11) is 1.73. The Labute approximate surface area is 119 Å². The number of halogens is 1. The molecule has 0 atom stereocenters. The lowest BCUT2D eigenvalue weighted by Crippen LogP contribution is -2.42. The van der Waals surface area contributed by atoms with Gasteiger partial charge in [0.25, 0.3) is 0 Å². The molecule has 1 rings (SSSR count). The minimum atomic E-state index is -0.217. The van der Waals surface area contributed by atoms with Gasteiger partial charge in [-0.15, -0.1) is 0 Å². The molecule has 0 aliphatic heterocycles. The number of hydrogen-bond acceptors (Lipinski definition) is 2. The third-order valence-electron chi connectivity index (χ3n) is 2.81. The third-order valence-corrected chi connectivity index (χ3v) is 4.06. The van der Waals surface area contributed by atoms with Gasteiger partial charge in [-0.05, 0) is 37.8 Å². The van der Waals surface area contributed by atoms with Crippen molar-refractivity contribution in [1.82, 2.24) is 10.6 Å². The van der Waals surface area contributed by atoms with Crippen LogP contribution >= 0.6 is 11.8 Å². The van der Waals surface area contributed by atoms with Gasteiger partial charge in [-0.1, -0.05) is 12.1 Å². The predicted octanol–water partition coefficient (Wildman–Crippen LogP) is 2.63. The molecule has 0 unspecified atom stereocenters. The van der Waals surface area contributed by atoms with Crippen molar-refractivity contribution in [2.75, 3.05) is 19.8 Å². The van der Waals surface area contributed by atoms with E-state index in [2.05, 4.69) is 35.7 Å². The van der Waals surface area contributed by atoms with E-state index >= 15 is 0 Å². The minimum Gasteiger partial charge on any atom is -0.355 e. The highest BCUT2D eigenvalue weighted by Gasteiger charge is 2.15. The minimum absolute atomic E-state index is 0.149. The van der Waals surface area contributed by atoms with Gasteiger partial charge in [0.1, 0.15) is 5.82 Å². The number of nitrogens with zero attached hydrogens (tertiary/aromatic N) is 1. The Bertz CT molecular complexity index is 432. The van der Waals surface area contributed by atoms with Crippen molar-refractivity contribution >= 4 is 17.7 Å². The van der Waals surface area contributed by atoms with E-state index in [1.54, 1.807) is 24.9 Å². The Morgan fingerprint density at radius 2 is 2.11 bits per heavy atom. The van der Waals surface area contributed by atoms with Crippen LogP contribution in [0.25, 0.3) is 0 Å². The van der Waals surface area contributed by atoms with Crippen molar-refractivity contribution in [3.8, 4) is 0 Å². The second kappa shape index (κ2) is 7.38. The zero-order valence-corrected chi connectivity index (χ0v) is 12.8. The quantitative estimate of drug-likeness (QED) is 0.644. The number of nitrogens with one attached hydrogen (secondary N) is 2. The Morgan fingerprint density at radius 3 is 2.68 bits per heavy atom. The number of rotatable bonds is 5. The predicted molar refractivity (Wildman–Crippen MR) is 82.2 cm³/mol. The van der Waals surface area contributed by atoms with E-state index in [9.17, 15) is 4.39 Å². The van der Waals surface area contributed by atoms with Gasteiger partial charge in [0.2, 0.25) is 0 Å². The zero-order valence-electron chi connectivity index (χ0n) is 12.0. The summed E-state index contributed by atoms with van der Waals surface area (Å²) in [5.74, 6) is 0.511. The lowest BCUT2D eigenvalue weighted by molar-refractivity contribution is 0.624. The van der Waals surface area contributed by atoms with Crippen LogP contribution in [0.1, 0.15) is 19.4 Å². The number of guanidine groups is 1. The molecular formula is C14H22FN3S. The molecule has 0 saturated carbocycles. The molecule has 1 aromatic carbocycles. The van der Waals surface area contributed by atoms with Crippen LogP contribution in [0.4, 0.5) is 4.39 Å². The number of benzene rings is 1. The second-order valence-electron chi connectivity index (χ2n) is 4.87. The van der Waals surface area contributed by atoms with Crippen LogP contribution in [0.3, 0.4) is 0 Å². The average Bonchev–Trinajstić information content (AvgIpc) is 2.39. The molecule has 0 bridgehead atoms. The van der Waals surface area contributed by atoms with Crippen molar-refractivity contribution in [1.29, 1.82) is 0 Å². The van der Waals surface area contributed by atoms with E-state index in [1.807, 2.05) is 6.07 Å². The number of thioether (sulfide) groups is 1. The first-order valence-electron chi connectivity index (χ1n) is 6.21. The molecule has 0 fully saturated rings. The normalized spacial score (nSPS) is 12.4. The third kappa shape index (κ3) is 5.96. The fourth-order valence-electron chi connectivity index (χ4n) is 1.42. The lowest BCUT2D eigenvalue weighted by Gasteiger charge is -2.23. The molecule has 0 aliphatic rings. The summed E-state index contributed by atoms with van der Waals surface area (Å²) in [4.78, 5) is 4.15. The summed E-state index contributed by atoms with van der Waals surface area (Å²) in [5.41, 5.74) is 0.895. The van der Waals surface area contributed by atoms with Crippen LogP contribution in [0.5, 0.6) is 0 Å². The molecule has 5 heteroatoms. The molecule has 106 valence electrons. The van der Waals surface area contributed by atoms with Crippen LogP contribution in [-0.4, -0.2) is 30.6 Å².